The first kappa shape index (κ1) is 15.4. The Bertz CT molecular complexity index is 964. The van der Waals surface area contributed by atoms with Gasteiger partial charge in [0.1, 0.15) is 0 Å². The van der Waals surface area contributed by atoms with Crippen LogP contribution in [0.2, 0.25) is 0 Å². The zero-order valence-electron chi connectivity index (χ0n) is 13.0. The lowest BCUT2D eigenvalue weighted by Gasteiger charge is -2.17. The molecule has 2 aromatic carbocycles. The van der Waals surface area contributed by atoms with Crippen LogP contribution in [0.3, 0.4) is 0 Å². The minimum atomic E-state index is -0.657. The van der Waals surface area contributed by atoms with Crippen LogP contribution in [0.1, 0.15) is 27.4 Å². The first-order valence-electron chi connectivity index (χ1n) is 7.74. The number of rotatable bonds is 2. The van der Waals surface area contributed by atoms with Crippen molar-refractivity contribution in [3.05, 3.63) is 71.3 Å². The first-order chi connectivity index (χ1) is 12.1. The number of allylic oxidation sites excluding steroid dienone is 1. The highest BCUT2D eigenvalue weighted by atomic mass is 32.1. The summed E-state index contributed by atoms with van der Waals surface area (Å²) in [6.07, 6.45) is 3.60. The zero-order chi connectivity index (χ0) is 17.4. The van der Waals surface area contributed by atoms with Crippen LogP contribution in [0, 0.1) is 0 Å². The van der Waals surface area contributed by atoms with E-state index in [0.29, 0.717) is 16.4 Å². The van der Waals surface area contributed by atoms with Gasteiger partial charge in [0.25, 0.3) is 0 Å². The maximum absolute atomic E-state index is 12.4. The highest BCUT2D eigenvalue weighted by Gasteiger charge is 2.43. The number of Topliss-reactive ketones (excluding diaryl/α,β-unsaturated/α-hetero) is 2. The highest BCUT2D eigenvalue weighted by Crippen LogP contribution is 2.37. The van der Waals surface area contributed by atoms with Crippen LogP contribution in [0.25, 0.3) is 6.08 Å². The summed E-state index contributed by atoms with van der Waals surface area (Å²) in [6.45, 7) is 0. The largest absolute Gasteiger partial charge is 0.331 e. The molecule has 0 bridgehead atoms. The van der Waals surface area contributed by atoms with Crippen molar-refractivity contribution < 1.29 is 9.59 Å². The minimum Gasteiger partial charge on any atom is -0.331 e. The summed E-state index contributed by atoms with van der Waals surface area (Å²) < 4.78 is 0. The van der Waals surface area contributed by atoms with Crippen molar-refractivity contribution in [2.75, 3.05) is 5.32 Å². The second-order valence-corrected chi connectivity index (χ2v) is 6.15. The van der Waals surface area contributed by atoms with Crippen LogP contribution < -0.4 is 10.7 Å². The number of anilines is 1. The molecular weight excluding hydrogens is 334 g/mol. The van der Waals surface area contributed by atoms with E-state index in [4.69, 9.17) is 12.2 Å². The molecule has 0 aliphatic heterocycles. The van der Waals surface area contributed by atoms with Crippen molar-refractivity contribution in [3.8, 4) is 0 Å². The maximum Gasteiger partial charge on any atom is 0.229 e. The smallest absolute Gasteiger partial charge is 0.229 e. The van der Waals surface area contributed by atoms with Gasteiger partial charge in [0.15, 0.2) is 5.11 Å². The van der Waals surface area contributed by atoms with E-state index in [1.165, 1.54) is 0 Å². The summed E-state index contributed by atoms with van der Waals surface area (Å²) in [7, 11) is 0. The Hall–Kier alpha value is -3.12. The minimum absolute atomic E-state index is 0.308. The fourth-order valence-electron chi connectivity index (χ4n) is 3.09. The Balaban J connectivity index is 1.58. The van der Waals surface area contributed by atoms with Crippen LogP contribution in [0.5, 0.6) is 0 Å². The third-order valence-electron chi connectivity index (χ3n) is 4.21. The van der Waals surface area contributed by atoms with Gasteiger partial charge >= 0.3 is 0 Å². The number of carbonyl (C=O) groups is 2. The first-order valence-corrected chi connectivity index (χ1v) is 8.15. The lowest BCUT2D eigenvalue weighted by atomic mass is 9.87. The summed E-state index contributed by atoms with van der Waals surface area (Å²) in [5, 5.41) is 7.56. The van der Waals surface area contributed by atoms with Crippen LogP contribution >= 0.6 is 12.2 Å². The quantitative estimate of drug-likeness (QED) is 0.497. The van der Waals surface area contributed by atoms with Crippen molar-refractivity contribution in [1.29, 1.82) is 0 Å². The van der Waals surface area contributed by atoms with Gasteiger partial charge in [-0.1, -0.05) is 42.5 Å². The van der Waals surface area contributed by atoms with Crippen molar-refractivity contribution >= 4 is 46.4 Å². The van der Waals surface area contributed by atoms with E-state index in [0.717, 1.165) is 16.8 Å². The van der Waals surface area contributed by atoms with Gasteiger partial charge in [-0.15, -0.1) is 0 Å². The van der Waals surface area contributed by atoms with E-state index in [9.17, 15) is 9.59 Å². The van der Waals surface area contributed by atoms with E-state index in [1.807, 2.05) is 42.5 Å². The number of nitrogens with one attached hydrogen (secondary N) is 2. The number of nitrogens with zero attached hydrogens (tertiary/aromatic N) is 1. The molecule has 0 spiro atoms. The molecule has 0 saturated carbocycles. The number of hydrazone groups is 1. The molecule has 1 unspecified atom stereocenters. The molecule has 122 valence electrons. The maximum atomic E-state index is 12.4. The number of ketones is 2. The number of carbonyl (C=O) groups excluding carboxylic acids is 2. The summed E-state index contributed by atoms with van der Waals surface area (Å²) >= 11 is 5.22. The molecule has 5 nitrogen and oxygen atoms in total. The Labute approximate surface area is 149 Å². The summed E-state index contributed by atoms with van der Waals surface area (Å²) in [5.41, 5.74) is 6.15. The van der Waals surface area contributed by atoms with Gasteiger partial charge in [0.05, 0.1) is 11.6 Å². The lowest BCUT2D eigenvalue weighted by Crippen LogP contribution is -2.28. The second-order valence-electron chi connectivity index (χ2n) is 5.74. The number of para-hydroxylation sites is 1. The molecule has 25 heavy (non-hydrogen) atoms. The molecule has 0 amide bonds. The third-order valence-corrected chi connectivity index (χ3v) is 4.40. The number of thiocarbonyl (C=S) groups is 1. The van der Waals surface area contributed by atoms with Crippen molar-refractivity contribution in [3.63, 3.8) is 0 Å². The SMILES string of the molecule is O=C1C(=O)C2C(=NNC(=S)Nc3ccccc3)C=Cc3cccc1c32. The van der Waals surface area contributed by atoms with Gasteiger partial charge in [0, 0.05) is 11.3 Å². The van der Waals surface area contributed by atoms with Gasteiger partial charge in [-0.05, 0) is 41.6 Å². The monoisotopic (exact) mass is 347 g/mol. The fraction of sp³-hybridized carbons (Fsp3) is 0.0526. The molecule has 1 atom stereocenters. The molecule has 0 heterocycles. The molecule has 2 aliphatic carbocycles. The van der Waals surface area contributed by atoms with E-state index in [1.54, 1.807) is 18.2 Å². The third kappa shape index (κ3) is 2.66. The summed E-state index contributed by atoms with van der Waals surface area (Å²) in [6, 6.07) is 14.8. The van der Waals surface area contributed by atoms with E-state index >= 15 is 0 Å². The highest BCUT2D eigenvalue weighted by molar-refractivity contribution is 7.80. The lowest BCUT2D eigenvalue weighted by molar-refractivity contribution is -0.114. The Morgan fingerprint density at radius 1 is 1.00 bits per heavy atom. The Morgan fingerprint density at radius 2 is 1.80 bits per heavy atom. The molecular formula is C19H13N3O2S. The van der Waals surface area contributed by atoms with Crippen LogP contribution in [-0.2, 0) is 4.79 Å². The van der Waals surface area contributed by atoms with E-state index in [2.05, 4.69) is 15.8 Å². The summed E-state index contributed by atoms with van der Waals surface area (Å²) in [5.74, 6) is -1.56. The van der Waals surface area contributed by atoms with Gasteiger partial charge in [0.2, 0.25) is 11.6 Å². The van der Waals surface area contributed by atoms with Crippen molar-refractivity contribution in [1.82, 2.24) is 5.43 Å². The van der Waals surface area contributed by atoms with Gasteiger partial charge < -0.3 is 5.32 Å². The predicted octanol–water partition coefficient (Wildman–Crippen LogP) is 2.91. The second kappa shape index (κ2) is 6.07. The molecule has 0 aromatic heterocycles. The van der Waals surface area contributed by atoms with Crippen molar-refractivity contribution in [2.45, 2.75) is 5.92 Å². The molecule has 0 radical (unpaired) electrons. The zero-order valence-corrected chi connectivity index (χ0v) is 13.8. The number of hydrogen-bond donors (Lipinski definition) is 2. The molecule has 6 heteroatoms. The molecule has 2 aliphatic rings. The standard InChI is InChI=1S/C19H13N3O2S/c23-17-13-8-4-5-11-9-10-14(16(15(11)13)18(17)24)21-22-19(25)20-12-6-2-1-3-7-12/h1-10,16H,(H2,20,22,25). The molecule has 0 fully saturated rings. The topological polar surface area (TPSA) is 70.6 Å². The van der Waals surface area contributed by atoms with E-state index < -0.39 is 17.5 Å². The molecule has 2 aromatic rings. The number of hydrogen-bond acceptors (Lipinski definition) is 4. The normalized spacial score (nSPS) is 19.0. The van der Waals surface area contributed by atoms with Gasteiger partial charge in [-0.25, -0.2) is 0 Å². The Kier molecular flexibility index (Phi) is 3.74. The molecule has 0 saturated heterocycles. The molecule has 4 rings (SSSR count). The summed E-state index contributed by atoms with van der Waals surface area (Å²) in [4.78, 5) is 24.6. The fourth-order valence-corrected chi connectivity index (χ4v) is 3.26. The van der Waals surface area contributed by atoms with Crippen LogP contribution in [0.4, 0.5) is 5.69 Å². The average Bonchev–Trinajstić information content (AvgIpc) is 2.89. The number of benzene rings is 2. The Morgan fingerprint density at radius 3 is 2.60 bits per heavy atom. The average molecular weight is 347 g/mol. The van der Waals surface area contributed by atoms with Crippen LogP contribution in [0.15, 0.2) is 59.7 Å². The van der Waals surface area contributed by atoms with E-state index in [-0.39, 0.29) is 0 Å². The predicted molar refractivity (Wildman–Crippen MR) is 101 cm³/mol. The van der Waals surface area contributed by atoms with Gasteiger partial charge in [-0.3, -0.25) is 15.0 Å². The molecule has 2 N–H and O–H groups in total. The van der Waals surface area contributed by atoms with Crippen molar-refractivity contribution in [2.24, 2.45) is 5.10 Å². The van der Waals surface area contributed by atoms with Crippen LogP contribution in [-0.4, -0.2) is 22.4 Å². The van der Waals surface area contributed by atoms with Gasteiger partial charge in [-0.2, -0.15) is 5.10 Å².